The molecule has 0 aliphatic carbocycles. The zero-order valence-corrected chi connectivity index (χ0v) is 23.7. The van der Waals surface area contributed by atoms with Gasteiger partial charge in [0.25, 0.3) is 0 Å². The first kappa shape index (κ1) is 27.7. The van der Waals surface area contributed by atoms with Gasteiger partial charge in [0.2, 0.25) is 16.0 Å². The first-order valence-electron chi connectivity index (χ1n) is 13.2. The molecule has 0 unspecified atom stereocenters. The number of anilines is 4. The number of fused-ring (bicyclic) bond motifs is 1. The number of hydrogen-bond donors (Lipinski definition) is 3. The fraction of sp³-hybridized carbons (Fsp3) is 0.357. The van der Waals surface area contributed by atoms with E-state index in [0.717, 1.165) is 54.1 Å². The Morgan fingerprint density at radius 2 is 1.90 bits per heavy atom. The van der Waals surface area contributed by atoms with E-state index < -0.39 is 10.0 Å². The van der Waals surface area contributed by atoms with Gasteiger partial charge in [0, 0.05) is 50.0 Å². The van der Waals surface area contributed by atoms with Gasteiger partial charge in [0.1, 0.15) is 5.75 Å². The third kappa shape index (κ3) is 5.83. The van der Waals surface area contributed by atoms with Crippen LogP contribution in [0.15, 0.2) is 60.8 Å². The Bertz CT molecular complexity index is 1580. The molecule has 3 heterocycles. The van der Waals surface area contributed by atoms with Gasteiger partial charge in [-0.05, 0) is 43.2 Å². The lowest BCUT2D eigenvalue weighted by Gasteiger charge is -2.34. The van der Waals surface area contributed by atoms with Gasteiger partial charge >= 0.3 is 0 Å². The third-order valence-electron chi connectivity index (χ3n) is 7.25. The average Bonchev–Trinajstić information content (AvgIpc) is 3.39. The predicted molar refractivity (Wildman–Crippen MR) is 158 cm³/mol. The highest BCUT2D eigenvalue weighted by atomic mass is 32.2. The van der Waals surface area contributed by atoms with Gasteiger partial charge in [-0.3, -0.25) is 4.31 Å². The number of aromatic nitrogens is 3. The smallest absolute Gasteiger partial charge is 0.245 e. The molecular formula is C28H35N7O4S. The minimum Gasteiger partial charge on any atom is -0.494 e. The number of para-hydroxylation sites is 1. The van der Waals surface area contributed by atoms with Crippen molar-refractivity contribution in [2.75, 3.05) is 61.2 Å². The SMILES string of the molecule is COc1cc(N2CCC(NCCO)CC2)ccc1Nc1ncc2ccc(-c3ccccc3N(C)S(C)(=O)=O)n2n1. The number of nitrogens with zero attached hydrogens (tertiary/aromatic N) is 5. The van der Waals surface area contributed by atoms with Crippen molar-refractivity contribution in [3.63, 3.8) is 0 Å². The van der Waals surface area contributed by atoms with Crippen LogP contribution in [0.5, 0.6) is 5.75 Å². The number of aliphatic hydroxyl groups is 1. The lowest BCUT2D eigenvalue weighted by molar-refractivity contribution is 0.277. The summed E-state index contributed by atoms with van der Waals surface area (Å²) in [7, 11) is -0.271. The molecule has 1 saturated heterocycles. The van der Waals surface area contributed by atoms with Gasteiger partial charge < -0.3 is 25.4 Å². The zero-order chi connectivity index (χ0) is 28.3. The molecule has 1 aliphatic rings. The van der Waals surface area contributed by atoms with E-state index in [0.29, 0.717) is 30.0 Å². The molecule has 12 heteroatoms. The van der Waals surface area contributed by atoms with E-state index in [9.17, 15) is 8.42 Å². The van der Waals surface area contributed by atoms with Gasteiger partial charge in [-0.15, -0.1) is 5.10 Å². The Kier molecular flexibility index (Phi) is 8.10. The second kappa shape index (κ2) is 11.7. The second-order valence-electron chi connectivity index (χ2n) is 9.83. The van der Waals surface area contributed by atoms with Crippen LogP contribution in [0.1, 0.15) is 12.8 Å². The summed E-state index contributed by atoms with van der Waals surface area (Å²) < 4.78 is 33.3. The summed E-state index contributed by atoms with van der Waals surface area (Å²) in [5.41, 5.74) is 4.62. The number of hydrogen-bond acceptors (Lipinski definition) is 9. The van der Waals surface area contributed by atoms with Gasteiger partial charge in [0.15, 0.2) is 0 Å². The van der Waals surface area contributed by atoms with Crippen molar-refractivity contribution in [3.05, 3.63) is 60.8 Å². The van der Waals surface area contributed by atoms with Gasteiger partial charge in [0.05, 0.1) is 48.8 Å². The molecule has 212 valence electrons. The van der Waals surface area contributed by atoms with Crippen LogP contribution < -0.4 is 24.6 Å². The number of aliphatic hydroxyl groups excluding tert-OH is 1. The lowest BCUT2D eigenvalue weighted by atomic mass is 10.0. The summed E-state index contributed by atoms with van der Waals surface area (Å²) in [6, 6.07) is 17.6. The molecule has 4 aromatic rings. The summed E-state index contributed by atoms with van der Waals surface area (Å²) in [5.74, 6) is 1.05. The molecule has 2 aromatic heterocycles. The van der Waals surface area contributed by atoms with Crippen LogP contribution in [0, 0.1) is 0 Å². The molecule has 0 radical (unpaired) electrons. The van der Waals surface area contributed by atoms with E-state index in [4.69, 9.17) is 14.9 Å². The molecule has 0 saturated carbocycles. The average molecular weight is 566 g/mol. The first-order valence-corrected chi connectivity index (χ1v) is 15.1. The number of piperidine rings is 1. The quantitative estimate of drug-likeness (QED) is 0.266. The molecule has 0 bridgehead atoms. The van der Waals surface area contributed by atoms with Crippen LogP contribution in [0.25, 0.3) is 16.8 Å². The molecule has 1 fully saturated rings. The first-order chi connectivity index (χ1) is 19.3. The van der Waals surface area contributed by atoms with Crippen molar-refractivity contribution < 1.29 is 18.3 Å². The van der Waals surface area contributed by atoms with E-state index in [1.165, 1.54) is 17.6 Å². The summed E-state index contributed by atoms with van der Waals surface area (Å²) >= 11 is 0. The number of sulfonamides is 1. The number of rotatable bonds is 10. The van der Waals surface area contributed by atoms with Crippen LogP contribution in [0.4, 0.5) is 23.0 Å². The minimum absolute atomic E-state index is 0.155. The molecule has 0 spiro atoms. The maximum atomic E-state index is 12.3. The predicted octanol–water partition coefficient (Wildman–Crippen LogP) is 3.10. The Balaban J connectivity index is 1.39. The highest BCUT2D eigenvalue weighted by molar-refractivity contribution is 7.92. The van der Waals surface area contributed by atoms with E-state index in [2.05, 4.69) is 26.6 Å². The summed E-state index contributed by atoms with van der Waals surface area (Å²) in [4.78, 5) is 6.82. The molecule has 5 rings (SSSR count). The topological polar surface area (TPSA) is 124 Å². The van der Waals surface area contributed by atoms with Crippen molar-refractivity contribution in [2.24, 2.45) is 0 Å². The molecule has 40 heavy (non-hydrogen) atoms. The number of benzene rings is 2. The fourth-order valence-corrected chi connectivity index (χ4v) is 5.53. The molecule has 11 nitrogen and oxygen atoms in total. The standard InChI is InChI=1S/C28H35N7O4S/c1-33(40(3,37)38)25-7-5-4-6-23(25)26-11-9-22-19-30-28(32-35(22)26)31-24-10-8-21(18-27(24)39-2)34-15-12-20(13-16-34)29-14-17-36/h4-11,18-20,29,36H,12-17H2,1-3H3,(H,31,32). The van der Waals surface area contributed by atoms with Gasteiger partial charge in [-0.2, -0.15) is 0 Å². The maximum Gasteiger partial charge on any atom is 0.245 e. The van der Waals surface area contributed by atoms with E-state index in [1.54, 1.807) is 23.9 Å². The molecule has 2 aromatic carbocycles. The van der Waals surface area contributed by atoms with Gasteiger partial charge in [-0.1, -0.05) is 18.2 Å². The van der Waals surface area contributed by atoms with Crippen molar-refractivity contribution >= 4 is 38.6 Å². The molecule has 3 N–H and O–H groups in total. The minimum atomic E-state index is -3.45. The normalized spacial score (nSPS) is 14.4. The van der Waals surface area contributed by atoms with Crippen molar-refractivity contribution in [1.29, 1.82) is 0 Å². The Morgan fingerprint density at radius 3 is 2.62 bits per heavy atom. The maximum absolute atomic E-state index is 12.3. The van der Waals surface area contributed by atoms with Crippen molar-refractivity contribution in [1.82, 2.24) is 19.9 Å². The summed E-state index contributed by atoms with van der Waals surface area (Å²) in [5, 5.41) is 20.4. The van der Waals surface area contributed by atoms with Crippen LogP contribution >= 0.6 is 0 Å². The van der Waals surface area contributed by atoms with Crippen LogP contribution in [-0.2, 0) is 10.0 Å². The molecular weight excluding hydrogens is 530 g/mol. The van der Waals surface area contributed by atoms with E-state index in [1.807, 2.05) is 42.5 Å². The second-order valence-corrected chi connectivity index (χ2v) is 11.8. The van der Waals surface area contributed by atoms with Gasteiger partial charge in [-0.25, -0.2) is 17.9 Å². The molecule has 0 amide bonds. The number of nitrogens with one attached hydrogen (secondary N) is 2. The lowest BCUT2D eigenvalue weighted by Crippen LogP contribution is -2.43. The number of methoxy groups -OCH3 is 1. The fourth-order valence-electron chi connectivity index (χ4n) is 5.02. The highest BCUT2D eigenvalue weighted by Gasteiger charge is 2.21. The third-order valence-corrected chi connectivity index (χ3v) is 8.44. The molecule has 1 aliphatic heterocycles. The monoisotopic (exact) mass is 565 g/mol. The van der Waals surface area contributed by atoms with Crippen LogP contribution in [0.3, 0.4) is 0 Å². The zero-order valence-electron chi connectivity index (χ0n) is 22.9. The number of ether oxygens (including phenoxy) is 1. The van der Waals surface area contributed by atoms with Crippen LogP contribution in [-0.4, -0.2) is 80.8 Å². The Morgan fingerprint density at radius 1 is 1.12 bits per heavy atom. The Hall–Kier alpha value is -3.87. The van der Waals surface area contributed by atoms with Crippen LogP contribution in [0.2, 0.25) is 0 Å². The largest absolute Gasteiger partial charge is 0.494 e. The highest BCUT2D eigenvalue weighted by Crippen LogP contribution is 2.34. The van der Waals surface area contributed by atoms with Crippen molar-refractivity contribution in [2.45, 2.75) is 18.9 Å². The van der Waals surface area contributed by atoms with E-state index in [-0.39, 0.29) is 6.61 Å². The van der Waals surface area contributed by atoms with E-state index >= 15 is 0 Å². The summed E-state index contributed by atoms with van der Waals surface area (Å²) in [6.07, 6.45) is 4.93. The van der Waals surface area contributed by atoms with Crippen molar-refractivity contribution in [3.8, 4) is 17.0 Å². The summed E-state index contributed by atoms with van der Waals surface area (Å²) in [6.45, 7) is 2.62. The molecule has 0 atom stereocenters. The Labute approximate surface area is 234 Å².